The van der Waals surface area contributed by atoms with Crippen LogP contribution in [0.1, 0.15) is 52.6 Å². The molecule has 5 nitrogen and oxygen atoms in total. The predicted molar refractivity (Wildman–Crippen MR) is 140 cm³/mol. The Bertz CT molecular complexity index is 1390. The number of nitrogens with zero attached hydrogens (tertiary/aromatic N) is 1. The van der Waals surface area contributed by atoms with Crippen LogP contribution in [-0.4, -0.2) is 22.9 Å². The van der Waals surface area contributed by atoms with E-state index in [1.807, 2.05) is 73.7 Å². The number of fused-ring (bicyclic) bond motifs is 1. The minimum absolute atomic E-state index is 0.140. The van der Waals surface area contributed by atoms with E-state index in [-0.39, 0.29) is 11.9 Å². The van der Waals surface area contributed by atoms with Crippen LogP contribution in [0.4, 0.5) is 0 Å². The molecule has 0 aliphatic carbocycles. The van der Waals surface area contributed by atoms with Crippen LogP contribution in [0, 0.1) is 13.8 Å². The summed E-state index contributed by atoms with van der Waals surface area (Å²) in [4.78, 5) is 24.0. The molecule has 0 fully saturated rings. The zero-order valence-electron chi connectivity index (χ0n) is 20.3. The van der Waals surface area contributed by atoms with E-state index in [0.717, 1.165) is 39.6 Å². The Hall–Kier alpha value is -3.57. The molecule has 0 bridgehead atoms. The van der Waals surface area contributed by atoms with Crippen molar-refractivity contribution < 1.29 is 14.3 Å². The van der Waals surface area contributed by atoms with E-state index in [2.05, 4.69) is 23.7 Å². The number of carbonyl (C=O) groups excluding carboxylic acids is 2. The number of halogens is 1. The normalized spacial score (nSPS) is 12.8. The van der Waals surface area contributed by atoms with E-state index in [4.69, 9.17) is 16.3 Å². The second kappa shape index (κ2) is 10.4. The number of hydrogen-bond donors (Lipinski definition) is 1. The number of aryl methyl sites for hydroxylation is 1. The summed E-state index contributed by atoms with van der Waals surface area (Å²) >= 11 is 6.30. The van der Waals surface area contributed by atoms with E-state index in [0.29, 0.717) is 22.9 Å². The predicted octanol–water partition coefficient (Wildman–Crippen LogP) is 6.42. The van der Waals surface area contributed by atoms with Crippen LogP contribution in [0.5, 0.6) is 5.75 Å². The Labute approximate surface area is 210 Å². The van der Waals surface area contributed by atoms with Gasteiger partial charge in [-0.2, -0.15) is 0 Å². The van der Waals surface area contributed by atoms with Gasteiger partial charge in [-0.15, -0.1) is 0 Å². The van der Waals surface area contributed by atoms with Crippen molar-refractivity contribution in [1.29, 1.82) is 0 Å². The van der Waals surface area contributed by atoms with Gasteiger partial charge in [-0.25, -0.2) is 0 Å². The van der Waals surface area contributed by atoms with Crippen LogP contribution in [0.3, 0.4) is 0 Å². The van der Waals surface area contributed by atoms with Gasteiger partial charge in [-0.05, 0) is 80.8 Å². The molecule has 4 rings (SSSR count). The van der Waals surface area contributed by atoms with Gasteiger partial charge in [-0.3, -0.25) is 9.59 Å². The van der Waals surface area contributed by atoms with E-state index in [1.165, 1.54) is 0 Å². The number of carbonyl (C=O) groups is 2. The number of aromatic nitrogens is 1. The van der Waals surface area contributed by atoms with Crippen LogP contribution < -0.4 is 10.1 Å². The third-order valence-corrected chi connectivity index (χ3v) is 6.72. The number of aldehydes is 1. The van der Waals surface area contributed by atoms with Crippen molar-refractivity contribution in [3.8, 4) is 5.75 Å². The summed E-state index contributed by atoms with van der Waals surface area (Å²) in [6.07, 6.45) is 0.287. The van der Waals surface area contributed by atoms with Gasteiger partial charge in [0.1, 0.15) is 5.75 Å². The lowest BCUT2D eigenvalue weighted by Crippen LogP contribution is -2.26. The number of hydrogen-bond acceptors (Lipinski definition) is 3. The van der Waals surface area contributed by atoms with E-state index < -0.39 is 6.10 Å². The van der Waals surface area contributed by atoms with Gasteiger partial charge in [0.05, 0.1) is 6.04 Å². The fourth-order valence-electron chi connectivity index (χ4n) is 4.32. The highest BCUT2D eigenvalue weighted by atomic mass is 35.5. The second-order valence-electron chi connectivity index (χ2n) is 8.85. The van der Waals surface area contributed by atoms with Crippen LogP contribution >= 0.6 is 11.6 Å². The summed E-state index contributed by atoms with van der Waals surface area (Å²) in [7, 11) is 0. The average Bonchev–Trinajstić information content (AvgIpc) is 3.08. The van der Waals surface area contributed by atoms with E-state index in [9.17, 15) is 9.59 Å². The SMILES string of the molecule is Cc1c(C)n(Cc2cccc(O[C@@H](C)C=O)c2)c2ccc(C(=O)N[C@@H](C)c3ccccc3Cl)cc12. The molecule has 0 aliphatic rings. The zero-order chi connectivity index (χ0) is 25.1. The molecule has 0 radical (unpaired) electrons. The molecule has 6 heteroatoms. The highest BCUT2D eigenvalue weighted by Gasteiger charge is 2.17. The molecule has 0 unspecified atom stereocenters. The van der Waals surface area contributed by atoms with Crippen LogP contribution in [0.25, 0.3) is 10.9 Å². The Morgan fingerprint density at radius 2 is 1.83 bits per heavy atom. The minimum atomic E-state index is -0.494. The highest BCUT2D eigenvalue weighted by molar-refractivity contribution is 6.31. The molecule has 0 spiro atoms. The fourth-order valence-corrected chi connectivity index (χ4v) is 4.62. The summed E-state index contributed by atoms with van der Waals surface area (Å²) in [6.45, 7) is 8.46. The number of benzene rings is 3. The van der Waals surface area contributed by atoms with Gasteiger partial charge >= 0.3 is 0 Å². The molecular formula is C29H29ClN2O3. The summed E-state index contributed by atoms with van der Waals surface area (Å²) in [5.41, 5.74) is 5.88. The van der Waals surface area contributed by atoms with Crippen molar-refractivity contribution in [2.75, 3.05) is 0 Å². The summed E-state index contributed by atoms with van der Waals surface area (Å²) < 4.78 is 7.88. The van der Waals surface area contributed by atoms with Gasteiger partial charge in [0, 0.05) is 33.7 Å². The first-order valence-corrected chi connectivity index (χ1v) is 12.0. The van der Waals surface area contributed by atoms with Crippen LogP contribution in [0.2, 0.25) is 5.02 Å². The van der Waals surface area contributed by atoms with Crippen molar-refractivity contribution in [3.63, 3.8) is 0 Å². The van der Waals surface area contributed by atoms with Crippen LogP contribution in [0.15, 0.2) is 66.7 Å². The van der Waals surface area contributed by atoms with Gasteiger partial charge in [-0.1, -0.05) is 41.9 Å². The van der Waals surface area contributed by atoms with Crippen molar-refractivity contribution in [1.82, 2.24) is 9.88 Å². The molecule has 4 aromatic rings. The lowest BCUT2D eigenvalue weighted by atomic mass is 10.1. The van der Waals surface area contributed by atoms with E-state index in [1.54, 1.807) is 6.92 Å². The third kappa shape index (κ3) is 5.25. The van der Waals surface area contributed by atoms with Gasteiger partial charge in [0.25, 0.3) is 5.91 Å². The molecule has 2 atom stereocenters. The Morgan fingerprint density at radius 3 is 2.57 bits per heavy atom. The zero-order valence-corrected chi connectivity index (χ0v) is 21.1. The smallest absolute Gasteiger partial charge is 0.251 e. The van der Waals surface area contributed by atoms with Crippen molar-refractivity contribution in [2.45, 2.75) is 46.4 Å². The van der Waals surface area contributed by atoms with Gasteiger partial charge in [0.2, 0.25) is 0 Å². The molecule has 1 N–H and O–H groups in total. The Kier molecular flexibility index (Phi) is 7.27. The Morgan fingerprint density at radius 1 is 1.06 bits per heavy atom. The molecular weight excluding hydrogens is 460 g/mol. The fraction of sp³-hybridized carbons (Fsp3) is 0.241. The minimum Gasteiger partial charge on any atom is -0.483 e. The molecule has 3 aromatic carbocycles. The molecule has 0 saturated carbocycles. The molecule has 0 saturated heterocycles. The first kappa shape index (κ1) is 24.6. The molecule has 35 heavy (non-hydrogen) atoms. The monoisotopic (exact) mass is 488 g/mol. The molecule has 1 aromatic heterocycles. The van der Waals surface area contributed by atoms with Crippen molar-refractivity contribution >= 4 is 34.7 Å². The molecule has 180 valence electrons. The van der Waals surface area contributed by atoms with Crippen LogP contribution in [-0.2, 0) is 11.3 Å². The number of rotatable bonds is 8. The first-order valence-electron chi connectivity index (χ1n) is 11.6. The molecule has 1 amide bonds. The maximum absolute atomic E-state index is 13.0. The maximum Gasteiger partial charge on any atom is 0.251 e. The molecule has 1 heterocycles. The summed E-state index contributed by atoms with van der Waals surface area (Å²) in [5.74, 6) is 0.526. The van der Waals surface area contributed by atoms with Crippen molar-refractivity contribution in [2.24, 2.45) is 0 Å². The lowest BCUT2D eigenvalue weighted by Gasteiger charge is -2.16. The quantitative estimate of drug-likeness (QED) is 0.291. The Balaban J connectivity index is 1.59. The van der Waals surface area contributed by atoms with Crippen molar-refractivity contribution in [3.05, 3.63) is 99.7 Å². The number of amides is 1. The summed E-state index contributed by atoms with van der Waals surface area (Å²) in [5, 5.41) is 4.73. The topological polar surface area (TPSA) is 60.3 Å². The standard InChI is InChI=1S/C29H29ClN2O3/c1-18(17-33)35-24-9-7-8-22(14-24)16-32-21(4)19(2)26-15-23(12-13-28(26)32)29(34)31-20(3)25-10-5-6-11-27(25)30/h5-15,17-18,20H,16H2,1-4H3,(H,31,34)/t18-,20-/m0/s1. The average molecular weight is 489 g/mol. The largest absolute Gasteiger partial charge is 0.483 e. The maximum atomic E-state index is 13.0. The first-order chi connectivity index (χ1) is 16.8. The van der Waals surface area contributed by atoms with Gasteiger partial charge in [0.15, 0.2) is 12.4 Å². The lowest BCUT2D eigenvalue weighted by molar-refractivity contribution is -0.113. The second-order valence-corrected chi connectivity index (χ2v) is 9.26. The number of nitrogens with one attached hydrogen (secondary N) is 1. The molecule has 0 aliphatic heterocycles. The van der Waals surface area contributed by atoms with Gasteiger partial charge < -0.3 is 14.6 Å². The summed E-state index contributed by atoms with van der Waals surface area (Å²) in [6, 6.07) is 20.9. The van der Waals surface area contributed by atoms with E-state index >= 15 is 0 Å². The number of ether oxygens (including phenoxy) is 1. The third-order valence-electron chi connectivity index (χ3n) is 6.37. The highest BCUT2D eigenvalue weighted by Crippen LogP contribution is 2.29.